The molecule has 0 aliphatic carbocycles. The number of amides is 1. The topological polar surface area (TPSA) is 90.4 Å². The van der Waals surface area contributed by atoms with E-state index in [9.17, 15) is 4.79 Å². The summed E-state index contributed by atoms with van der Waals surface area (Å²) in [5.74, 6) is 0.233. The van der Waals surface area contributed by atoms with Crippen molar-refractivity contribution in [1.29, 1.82) is 0 Å². The van der Waals surface area contributed by atoms with Crippen LogP contribution in [-0.2, 0) is 6.54 Å². The maximum Gasteiger partial charge on any atom is 0.251 e. The summed E-state index contributed by atoms with van der Waals surface area (Å²) in [5.41, 5.74) is 13.8. The van der Waals surface area contributed by atoms with Gasteiger partial charge in [-0.05, 0) is 46.3 Å². The number of nitrogens with two attached hydrogens (primary N) is 2. The number of ether oxygens (including phenoxy) is 1. The fraction of sp³-hybridized carbons (Fsp3) is 0.133. The lowest BCUT2D eigenvalue weighted by molar-refractivity contribution is 0.100. The van der Waals surface area contributed by atoms with Crippen molar-refractivity contribution in [2.45, 2.75) is 6.54 Å². The molecule has 5 nitrogen and oxygen atoms in total. The van der Waals surface area contributed by atoms with Crippen LogP contribution in [0.4, 0.5) is 11.4 Å². The van der Waals surface area contributed by atoms with Crippen LogP contribution in [0.1, 0.15) is 15.9 Å². The van der Waals surface area contributed by atoms with E-state index in [4.69, 9.17) is 16.2 Å². The van der Waals surface area contributed by atoms with Crippen LogP contribution in [0.5, 0.6) is 5.75 Å². The number of benzene rings is 2. The SMILES string of the molecule is COc1ccc(N)cc1CNc1cccc(Br)c1C(N)=O. The minimum atomic E-state index is -0.496. The molecule has 2 aromatic carbocycles. The number of rotatable bonds is 5. The Bertz CT molecular complexity index is 674. The minimum absolute atomic E-state index is 0.417. The lowest BCUT2D eigenvalue weighted by Crippen LogP contribution is -2.15. The van der Waals surface area contributed by atoms with Gasteiger partial charge in [0.2, 0.25) is 0 Å². The second-order valence-electron chi connectivity index (χ2n) is 4.45. The predicted molar refractivity (Wildman–Crippen MR) is 87.4 cm³/mol. The van der Waals surface area contributed by atoms with E-state index < -0.39 is 5.91 Å². The third kappa shape index (κ3) is 3.46. The summed E-state index contributed by atoms with van der Waals surface area (Å²) in [5, 5.41) is 3.19. The number of nitrogen functional groups attached to an aromatic ring is 1. The Morgan fingerprint density at radius 1 is 1.33 bits per heavy atom. The lowest BCUT2D eigenvalue weighted by atomic mass is 10.1. The highest BCUT2D eigenvalue weighted by Crippen LogP contribution is 2.27. The summed E-state index contributed by atoms with van der Waals surface area (Å²) in [6.07, 6.45) is 0. The van der Waals surface area contributed by atoms with Crippen LogP contribution >= 0.6 is 15.9 Å². The van der Waals surface area contributed by atoms with Gasteiger partial charge >= 0.3 is 0 Å². The quantitative estimate of drug-likeness (QED) is 0.724. The van der Waals surface area contributed by atoms with Crippen LogP contribution in [0, 0.1) is 0 Å². The predicted octanol–water partition coefficient (Wildman–Crippen LogP) is 2.75. The monoisotopic (exact) mass is 349 g/mol. The first-order valence-corrected chi connectivity index (χ1v) is 7.06. The zero-order valence-electron chi connectivity index (χ0n) is 11.5. The van der Waals surface area contributed by atoms with Crippen LogP contribution < -0.4 is 21.5 Å². The Balaban J connectivity index is 2.27. The summed E-state index contributed by atoms with van der Waals surface area (Å²) in [7, 11) is 1.60. The highest BCUT2D eigenvalue weighted by Gasteiger charge is 2.12. The van der Waals surface area contributed by atoms with Crippen molar-refractivity contribution in [2.24, 2.45) is 5.73 Å². The number of nitrogens with one attached hydrogen (secondary N) is 1. The molecule has 0 atom stereocenters. The number of carbonyl (C=O) groups is 1. The van der Waals surface area contributed by atoms with Crippen LogP contribution in [0.3, 0.4) is 0 Å². The second kappa shape index (κ2) is 6.49. The van der Waals surface area contributed by atoms with Gasteiger partial charge in [-0.2, -0.15) is 0 Å². The van der Waals surface area contributed by atoms with Crippen LogP contribution in [-0.4, -0.2) is 13.0 Å². The van der Waals surface area contributed by atoms with E-state index in [-0.39, 0.29) is 0 Å². The van der Waals surface area contributed by atoms with Gasteiger partial charge in [-0.3, -0.25) is 4.79 Å². The third-order valence-electron chi connectivity index (χ3n) is 3.03. The molecule has 5 N–H and O–H groups in total. The third-order valence-corrected chi connectivity index (χ3v) is 3.69. The molecule has 2 rings (SSSR count). The summed E-state index contributed by atoms with van der Waals surface area (Å²) in [6.45, 7) is 0.463. The smallest absolute Gasteiger partial charge is 0.251 e. The van der Waals surface area contributed by atoms with Crippen molar-refractivity contribution >= 4 is 33.2 Å². The van der Waals surface area contributed by atoms with Gasteiger partial charge in [-0.15, -0.1) is 0 Å². The van der Waals surface area contributed by atoms with Gasteiger partial charge in [0.1, 0.15) is 5.75 Å². The Kier molecular flexibility index (Phi) is 4.70. The normalized spacial score (nSPS) is 10.2. The molecule has 2 aromatic rings. The second-order valence-corrected chi connectivity index (χ2v) is 5.31. The number of halogens is 1. The fourth-order valence-corrected chi connectivity index (χ4v) is 2.61. The van der Waals surface area contributed by atoms with Gasteiger partial charge in [0, 0.05) is 28.0 Å². The molecule has 0 heterocycles. The van der Waals surface area contributed by atoms with Gasteiger partial charge in [-0.1, -0.05) is 6.07 Å². The number of hydrogen-bond donors (Lipinski definition) is 3. The van der Waals surface area contributed by atoms with Crippen molar-refractivity contribution in [3.63, 3.8) is 0 Å². The Labute approximate surface area is 131 Å². The first-order valence-electron chi connectivity index (χ1n) is 6.27. The zero-order chi connectivity index (χ0) is 15.4. The molecule has 0 saturated heterocycles. The average molecular weight is 350 g/mol. The standard InChI is InChI=1S/C15H16BrN3O2/c1-21-13-6-5-10(17)7-9(13)8-19-12-4-2-3-11(16)14(12)15(18)20/h2-7,19H,8,17H2,1H3,(H2,18,20). The molecule has 0 unspecified atom stereocenters. The molecule has 110 valence electrons. The number of anilines is 2. The average Bonchev–Trinajstić information content (AvgIpc) is 2.44. The molecule has 0 radical (unpaired) electrons. The summed E-state index contributed by atoms with van der Waals surface area (Å²) in [6, 6.07) is 10.8. The maximum atomic E-state index is 11.5. The van der Waals surface area contributed by atoms with E-state index >= 15 is 0 Å². The highest BCUT2D eigenvalue weighted by molar-refractivity contribution is 9.10. The largest absolute Gasteiger partial charge is 0.496 e. The molecule has 1 amide bonds. The first kappa shape index (κ1) is 15.2. The molecule has 0 fully saturated rings. The van der Waals surface area contributed by atoms with E-state index in [0.29, 0.717) is 28.0 Å². The van der Waals surface area contributed by atoms with Gasteiger partial charge in [0.05, 0.1) is 12.7 Å². The number of hydrogen-bond acceptors (Lipinski definition) is 4. The van der Waals surface area contributed by atoms with Gasteiger partial charge in [0.15, 0.2) is 0 Å². The molecule has 0 aliphatic rings. The van der Waals surface area contributed by atoms with Crippen molar-refractivity contribution in [3.05, 3.63) is 52.0 Å². The van der Waals surface area contributed by atoms with Gasteiger partial charge in [0.25, 0.3) is 5.91 Å². The minimum Gasteiger partial charge on any atom is -0.496 e. The lowest BCUT2D eigenvalue weighted by Gasteiger charge is -2.14. The van der Waals surface area contributed by atoms with Gasteiger partial charge < -0.3 is 21.5 Å². The van der Waals surface area contributed by atoms with Crippen molar-refractivity contribution in [3.8, 4) is 5.75 Å². The van der Waals surface area contributed by atoms with Crippen LogP contribution in [0.25, 0.3) is 0 Å². The molecular formula is C15H16BrN3O2. The molecule has 0 saturated carbocycles. The van der Waals surface area contributed by atoms with E-state index in [0.717, 1.165) is 11.3 Å². The molecule has 21 heavy (non-hydrogen) atoms. The number of carbonyl (C=O) groups excluding carboxylic acids is 1. The van der Waals surface area contributed by atoms with Crippen molar-refractivity contribution < 1.29 is 9.53 Å². The van der Waals surface area contributed by atoms with Crippen molar-refractivity contribution in [1.82, 2.24) is 0 Å². The highest BCUT2D eigenvalue weighted by atomic mass is 79.9. The Morgan fingerprint density at radius 2 is 2.10 bits per heavy atom. The molecule has 0 bridgehead atoms. The molecule has 0 spiro atoms. The molecular weight excluding hydrogens is 334 g/mol. The Hall–Kier alpha value is -2.21. The fourth-order valence-electron chi connectivity index (χ4n) is 2.05. The molecule has 0 aromatic heterocycles. The van der Waals surface area contributed by atoms with Crippen LogP contribution in [0.2, 0.25) is 0 Å². The summed E-state index contributed by atoms with van der Waals surface area (Å²) >= 11 is 3.33. The zero-order valence-corrected chi connectivity index (χ0v) is 13.1. The number of primary amides is 1. The van der Waals surface area contributed by atoms with E-state index in [1.54, 1.807) is 25.3 Å². The van der Waals surface area contributed by atoms with Crippen molar-refractivity contribution in [2.75, 3.05) is 18.2 Å². The molecule has 6 heteroatoms. The van der Waals surface area contributed by atoms with E-state index in [1.807, 2.05) is 18.2 Å². The first-order chi connectivity index (χ1) is 10.0. The van der Waals surface area contributed by atoms with Crippen LogP contribution in [0.15, 0.2) is 40.9 Å². The van der Waals surface area contributed by atoms with E-state index in [2.05, 4.69) is 21.2 Å². The summed E-state index contributed by atoms with van der Waals surface area (Å²) < 4.78 is 5.95. The number of methoxy groups -OCH3 is 1. The summed E-state index contributed by atoms with van der Waals surface area (Å²) in [4.78, 5) is 11.5. The maximum absolute atomic E-state index is 11.5. The van der Waals surface area contributed by atoms with Gasteiger partial charge in [-0.25, -0.2) is 0 Å². The molecule has 0 aliphatic heterocycles. The Morgan fingerprint density at radius 3 is 2.76 bits per heavy atom. The van der Waals surface area contributed by atoms with E-state index in [1.165, 1.54) is 0 Å².